The molecule has 0 aliphatic heterocycles. The summed E-state index contributed by atoms with van der Waals surface area (Å²) in [6.07, 6.45) is -15.9. The summed E-state index contributed by atoms with van der Waals surface area (Å²) in [7, 11) is -22.4. The maximum absolute atomic E-state index is 11.1. The minimum atomic E-state index is -5.64. The van der Waals surface area contributed by atoms with Gasteiger partial charge in [0, 0.05) is 51.4 Å². The van der Waals surface area contributed by atoms with Gasteiger partial charge in [-0.05, 0) is 0 Å². The summed E-state index contributed by atoms with van der Waals surface area (Å²) in [4.78, 5) is 71.0. The molecule has 1 fully saturated rings. The molecule has 6 atom stereocenters. The van der Waals surface area contributed by atoms with E-state index in [2.05, 4.69) is 18.1 Å². The van der Waals surface area contributed by atoms with E-state index >= 15 is 0 Å². The second kappa shape index (κ2) is 10.9. The van der Waals surface area contributed by atoms with Crippen molar-refractivity contribution in [3.05, 3.63) is 0 Å². The van der Waals surface area contributed by atoms with Crippen molar-refractivity contribution in [1.29, 1.82) is 0 Å². The Balaban J connectivity index is 0.00000784. The van der Waals surface area contributed by atoms with E-state index in [4.69, 9.17) is 39.1 Å². The summed E-state index contributed by atoms with van der Waals surface area (Å²) in [5.74, 6) is 0. The molecule has 10 N–H and O–H groups in total. The van der Waals surface area contributed by atoms with Crippen LogP contribution in [-0.4, -0.2) is 137 Å². The van der Waals surface area contributed by atoms with Crippen LogP contribution in [0.3, 0.4) is 0 Å². The van der Waals surface area contributed by atoms with Crippen LogP contribution < -0.4 is 0 Å². The number of aliphatic hydroxyl groups excluding tert-OH is 2. The third kappa shape index (κ3) is 11.1. The monoisotopic (exact) mass is 539 g/mol. The smallest absolute Gasteiger partial charge is 0.387 e. The largest absolute Gasteiger partial charge is 0.470 e. The van der Waals surface area contributed by atoms with Crippen LogP contribution in [0.15, 0.2) is 0 Å². The zero-order chi connectivity index (χ0) is 22.3. The Labute approximate surface area is 203 Å². The maximum atomic E-state index is 11.1. The molecule has 0 heterocycles. The van der Waals surface area contributed by atoms with Gasteiger partial charge in [-0.2, -0.15) is 0 Å². The summed E-state index contributed by atoms with van der Waals surface area (Å²) >= 11 is 0. The molecule has 1 rings (SSSR count). The number of rotatable bonds is 8. The van der Waals surface area contributed by atoms with Gasteiger partial charge in [-0.1, -0.05) is 0 Å². The molecule has 29 heavy (non-hydrogen) atoms. The van der Waals surface area contributed by atoms with Crippen LogP contribution in [-0.2, 0) is 36.4 Å². The summed E-state index contributed by atoms with van der Waals surface area (Å²) in [5.41, 5.74) is 0. The van der Waals surface area contributed by atoms with Gasteiger partial charge >= 0.3 is 31.3 Å². The SMILES string of the molecule is O=P(O)(O)OC1[C@H](O)[C@H](OP(=O)(O)O)C(OP(=O)(O)O)[C@H](OP(=O)(O)O)[C@H]1O.[K]. The van der Waals surface area contributed by atoms with E-state index in [-0.39, 0.29) is 51.4 Å². The van der Waals surface area contributed by atoms with E-state index in [1.54, 1.807) is 0 Å². The Morgan fingerprint density at radius 3 is 0.897 bits per heavy atom. The first-order chi connectivity index (χ1) is 12.2. The molecule has 1 aliphatic carbocycles. The van der Waals surface area contributed by atoms with Crippen molar-refractivity contribution in [1.82, 2.24) is 0 Å². The Hall–Kier alpha value is 2.00. The molecular formula is C6H16KO18P4. The first-order valence-electron chi connectivity index (χ1n) is 6.52. The molecule has 1 radical (unpaired) electrons. The van der Waals surface area contributed by atoms with Crippen molar-refractivity contribution < 1.29 is 85.7 Å². The topological polar surface area (TPSA) is 308 Å². The fourth-order valence-corrected chi connectivity index (χ4v) is 4.52. The Morgan fingerprint density at radius 1 is 0.448 bits per heavy atom. The summed E-state index contributed by atoms with van der Waals surface area (Å²) in [6.45, 7) is 0. The van der Waals surface area contributed by atoms with Crippen molar-refractivity contribution in [3.63, 3.8) is 0 Å². The van der Waals surface area contributed by atoms with Gasteiger partial charge in [-0.3, -0.25) is 18.1 Å². The second-order valence-corrected chi connectivity index (χ2v) is 9.99. The number of aliphatic hydroxyl groups is 2. The minimum absolute atomic E-state index is 0. The van der Waals surface area contributed by atoms with Crippen molar-refractivity contribution >= 4 is 82.7 Å². The molecule has 0 spiro atoms. The van der Waals surface area contributed by atoms with Gasteiger partial charge in [-0.15, -0.1) is 0 Å². The van der Waals surface area contributed by atoms with Gasteiger partial charge < -0.3 is 49.4 Å². The molecule has 0 aromatic heterocycles. The molecule has 1 saturated carbocycles. The third-order valence-corrected chi connectivity index (χ3v) is 5.10. The van der Waals surface area contributed by atoms with E-state index in [1.165, 1.54) is 0 Å². The van der Waals surface area contributed by atoms with Crippen LogP contribution in [0.25, 0.3) is 0 Å². The van der Waals surface area contributed by atoms with Crippen LogP contribution in [0.2, 0.25) is 0 Å². The molecule has 0 amide bonds. The van der Waals surface area contributed by atoms with Gasteiger partial charge in [0.2, 0.25) is 0 Å². The zero-order valence-corrected chi connectivity index (χ0v) is 20.7. The number of hydrogen-bond acceptors (Lipinski definition) is 10. The summed E-state index contributed by atoms with van der Waals surface area (Å²) in [5, 5.41) is 20.1. The van der Waals surface area contributed by atoms with Crippen molar-refractivity contribution in [2.45, 2.75) is 36.6 Å². The van der Waals surface area contributed by atoms with Gasteiger partial charge in [-0.25, -0.2) is 18.3 Å². The molecule has 2 unspecified atom stereocenters. The summed E-state index contributed by atoms with van der Waals surface area (Å²) < 4.78 is 60.5. The fourth-order valence-electron chi connectivity index (χ4n) is 2.28. The third-order valence-electron chi connectivity index (χ3n) is 3.03. The zero-order valence-electron chi connectivity index (χ0n) is 14.0. The predicted octanol–water partition coefficient (Wildman–Crippen LogP) is -3.75. The van der Waals surface area contributed by atoms with Gasteiger partial charge in [0.15, 0.2) is 0 Å². The van der Waals surface area contributed by atoms with Crippen LogP contribution in [0.1, 0.15) is 0 Å². The van der Waals surface area contributed by atoms with Gasteiger partial charge in [0.05, 0.1) is 0 Å². The van der Waals surface area contributed by atoms with Crippen LogP contribution in [0.4, 0.5) is 0 Å². The van der Waals surface area contributed by atoms with Gasteiger partial charge in [0.1, 0.15) is 36.6 Å². The fraction of sp³-hybridized carbons (Fsp3) is 1.00. The Kier molecular flexibility index (Phi) is 11.7. The first-order valence-corrected chi connectivity index (χ1v) is 12.6. The molecule has 0 bridgehead atoms. The Morgan fingerprint density at radius 2 is 0.655 bits per heavy atom. The van der Waals surface area contributed by atoms with Gasteiger partial charge in [0.25, 0.3) is 0 Å². The van der Waals surface area contributed by atoms with Crippen LogP contribution in [0, 0.1) is 0 Å². The number of phosphoric acid groups is 4. The number of phosphoric ester groups is 4. The van der Waals surface area contributed by atoms with Crippen LogP contribution in [0.5, 0.6) is 0 Å². The van der Waals surface area contributed by atoms with E-state index in [0.29, 0.717) is 0 Å². The minimum Gasteiger partial charge on any atom is -0.387 e. The van der Waals surface area contributed by atoms with E-state index in [0.717, 1.165) is 0 Å². The molecule has 18 nitrogen and oxygen atoms in total. The van der Waals surface area contributed by atoms with E-state index < -0.39 is 67.9 Å². The second-order valence-electron chi connectivity index (χ2n) is 5.22. The average molecular weight is 539 g/mol. The molecule has 23 heteroatoms. The molecule has 1 aliphatic rings. The quantitative estimate of drug-likeness (QED) is 0.105. The summed E-state index contributed by atoms with van der Waals surface area (Å²) in [6, 6.07) is 0. The van der Waals surface area contributed by atoms with Crippen molar-refractivity contribution in [2.75, 3.05) is 0 Å². The van der Waals surface area contributed by atoms with Crippen LogP contribution >= 0.6 is 31.3 Å². The standard InChI is InChI=1S/C6H16O18P4.K/c7-1-3(21-25(9,10)11)2(8)5(23-27(15,16)17)6(24-28(18,19)20)4(1)22-26(12,13)14;/h1-8H,(H2,9,10,11)(H2,12,13,14)(H2,15,16,17)(H2,18,19,20);/t1-,2-,3?,4-,5+,6?;/m0./s1. The van der Waals surface area contributed by atoms with Crippen molar-refractivity contribution in [2.24, 2.45) is 0 Å². The van der Waals surface area contributed by atoms with Crippen molar-refractivity contribution in [3.8, 4) is 0 Å². The normalized spacial score (nSPS) is 31.9. The molecular weight excluding hydrogens is 523 g/mol. The number of hydrogen-bond donors (Lipinski definition) is 10. The molecule has 169 valence electrons. The molecule has 0 aromatic rings. The molecule has 0 saturated heterocycles. The maximum Gasteiger partial charge on any atom is 0.470 e. The average Bonchev–Trinajstić information content (AvgIpc) is 2.39. The predicted molar refractivity (Wildman–Crippen MR) is 85.4 cm³/mol. The molecule has 0 aromatic carbocycles. The Bertz CT molecular complexity index is 695. The first kappa shape index (κ1) is 31.0. The van der Waals surface area contributed by atoms with E-state index in [9.17, 15) is 28.5 Å². The van der Waals surface area contributed by atoms with E-state index in [1.807, 2.05) is 0 Å².